The number of hydrogen-bond acceptors (Lipinski definition) is 7. The quantitative estimate of drug-likeness (QED) is 0.374. The molecule has 1 amide bonds. The zero-order valence-corrected chi connectivity index (χ0v) is 19.7. The number of methoxy groups -OCH3 is 1. The predicted octanol–water partition coefficient (Wildman–Crippen LogP) is 4.00. The van der Waals surface area contributed by atoms with Crippen LogP contribution in [0, 0.1) is 0 Å². The van der Waals surface area contributed by atoms with Crippen molar-refractivity contribution in [3.63, 3.8) is 0 Å². The Balaban J connectivity index is 1.44. The molecule has 5 rings (SSSR count). The maximum Gasteiger partial charge on any atom is 0.259 e. The maximum atomic E-state index is 13.1. The van der Waals surface area contributed by atoms with Crippen LogP contribution >= 0.6 is 0 Å². The highest BCUT2D eigenvalue weighted by Gasteiger charge is 2.19. The van der Waals surface area contributed by atoms with Gasteiger partial charge >= 0.3 is 0 Å². The molecule has 0 spiro atoms. The van der Waals surface area contributed by atoms with Crippen molar-refractivity contribution in [3.05, 3.63) is 94.9 Å². The lowest BCUT2D eigenvalue weighted by atomic mass is 10.1. The Morgan fingerprint density at radius 3 is 2.72 bits per heavy atom. The van der Waals surface area contributed by atoms with Gasteiger partial charge in [0, 0.05) is 17.6 Å². The Morgan fingerprint density at radius 1 is 1.08 bits per heavy atom. The van der Waals surface area contributed by atoms with Gasteiger partial charge in [-0.2, -0.15) is 4.98 Å². The molecule has 180 valence electrons. The average Bonchev–Trinajstić information content (AvgIpc) is 3.41. The molecule has 0 aliphatic carbocycles. The van der Waals surface area contributed by atoms with E-state index in [4.69, 9.17) is 9.26 Å². The molecule has 3 aromatic heterocycles. The van der Waals surface area contributed by atoms with Crippen LogP contribution in [0.2, 0.25) is 0 Å². The fourth-order valence-corrected chi connectivity index (χ4v) is 4.03. The van der Waals surface area contributed by atoms with E-state index in [1.165, 1.54) is 10.6 Å². The second-order valence-electron chi connectivity index (χ2n) is 8.20. The van der Waals surface area contributed by atoms with Crippen molar-refractivity contribution in [3.8, 4) is 28.7 Å². The fraction of sp³-hybridized carbons (Fsp3) is 0.148. The van der Waals surface area contributed by atoms with Gasteiger partial charge in [-0.15, -0.1) is 0 Å². The number of carbonyl (C=O) groups excluding carboxylic acids is 1. The first-order chi connectivity index (χ1) is 17.5. The number of amides is 1. The number of carbonyl (C=O) groups is 1. The standard InChI is InChI=1S/C27H23N5O4/c1-17(18-8-7-9-19(14-18)35-2)29-24(33)16-32-23-12-4-3-10-20(23)21(15-25(32)34)27-30-26(31-36-27)22-11-5-6-13-28-22/h3-15,17H,16H2,1-2H3,(H,29,33)/t17-/m1/s1. The monoisotopic (exact) mass is 481 g/mol. The number of aromatic nitrogens is 4. The lowest BCUT2D eigenvalue weighted by molar-refractivity contribution is -0.122. The Bertz CT molecular complexity index is 1590. The first-order valence-corrected chi connectivity index (χ1v) is 11.3. The summed E-state index contributed by atoms with van der Waals surface area (Å²) in [7, 11) is 1.59. The summed E-state index contributed by atoms with van der Waals surface area (Å²) in [5.41, 5.74) is 2.18. The molecule has 1 atom stereocenters. The van der Waals surface area contributed by atoms with Gasteiger partial charge in [0.1, 0.15) is 18.0 Å². The smallest absolute Gasteiger partial charge is 0.259 e. The van der Waals surface area contributed by atoms with Crippen LogP contribution in [0.1, 0.15) is 18.5 Å². The van der Waals surface area contributed by atoms with Crippen LogP contribution in [0.5, 0.6) is 5.75 Å². The molecule has 0 saturated heterocycles. The van der Waals surface area contributed by atoms with Crippen molar-refractivity contribution in [1.82, 2.24) is 25.0 Å². The molecule has 3 heterocycles. The van der Waals surface area contributed by atoms with E-state index in [9.17, 15) is 9.59 Å². The normalized spacial score (nSPS) is 11.8. The van der Waals surface area contributed by atoms with Gasteiger partial charge in [-0.1, -0.05) is 41.6 Å². The molecule has 0 bridgehead atoms. The van der Waals surface area contributed by atoms with Crippen LogP contribution in [0.3, 0.4) is 0 Å². The van der Waals surface area contributed by atoms with Crippen molar-refractivity contribution >= 4 is 16.8 Å². The second-order valence-corrected chi connectivity index (χ2v) is 8.20. The third kappa shape index (κ3) is 4.58. The highest BCUT2D eigenvalue weighted by molar-refractivity contribution is 5.93. The highest BCUT2D eigenvalue weighted by atomic mass is 16.5. The molecule has 0 radical (unpaired) electrons. The molecule has 2 aromatic carbocycles. The number of benzene rings is 2. The minimum atomic E-state index is -0.356. The third-order valence-corrected chi connectivity index (χ3v) is 5.84. The molecular weight excluding hydrogens is 458 g/mol. The second kappa shape index (κ2) is 9.83. The van der Waals surface area contributed by atoms with Crippen LogP contribution in [0.15, 0.2) is 88.3 Å². The minimum absolute atomic E-state index is 0.142. The SMILES string of the molecule is COc1cccc([C@@H](C)NC(=O)Cn2c(=O)cc(-c3nc(-c4ccccn4)no3)c3ccccc32)c1. The number of fused-ring (bicyclic) bond motifs is 1. The van der Waals surface area contributed by atoms with Gasteiger partial charge in [0.2, 0.25) is 11.7 Å². The molecule has 9 heteroatoms. The number of nitrogens with one attached hydrogen (secondary N) is 1. The van der Waals surface area contributed by atoms with E-state index >= 15 is 0 Å². The number of ether oxygens (including phenoxy) is 1. The number of nitrogens with zero attached hydrogens (tertiary/aromatic N) is 4. The summed E-state index contributed by atoms with van der Waals surface area (Å²) >= 11 is 0. The van der Waals surface area contributed by atoms with E-state index in [1.54, 1.807) is 31.5 Å². The van der Waals surface area contributed by atoms with Crippen LogP contribution in [-0.4, -0.2) is 32.7 Å². The number of hydrogen-bond donors (Lipinski definition) is 1. The van der Waals surface area contributed by atoms with Gasteiger partial charge in [0.05, 0.1) is 24.2 Å². The Labute approximate surface area is 206 Å². The summed E-state index contributed by atoms with van der Waals surface area (Å²) in [6.45, 7) is 1.74. The van der Waals surface area contributed by atoms with E-state index in [2.05, 4.69) is 20.4 Å². The van der Waals surface area contributed by atoms with Crippen molar-refractivity contribution in [2.45, 2.75) is 19.5 Å². The predicted molar refractivity (Wildman–Crippen MR) is 134 cm³/mol. The van der Waals surface area contributed by atoms with Gasteiger partial charge in [-0.25, -0.2) is 0 Å². The van der Waals surface area contributed by atoms with Gasteiger partial charge in [0.15, 0.2) is 0 Å². The maximum absolute atomic E-state index is 13.1. The van der Waals surface area contributed by atoms with Crippen LogP contribution in [-0.2, 0) is 11.3 Å². The fourth-order valence-electron chi connectivity index (χ4n) is 4.03. The van der Waals surface area contributed by atoms with Crippen molar-refractivity contribution in [2.75, 3.05) is 7.11 Å². The molecule has 0 aliphatic rings. The zero-order valence-electron chi connectivity index (χ0n) is 19.7. The summed E-state index contributed by atoms with van der Waals surface area (Å²) in [6.07, 6.45) is 1.64. The summed E-state index contributed by atoms with van der Waals surface area (Å²) in [5.74, 6) is 0.941. The number of para-hydroxylation sites is 1. The van der Waals surface area contributed by atoms with Crippen LogP contribution < -0.4 is 15.6 Å². The summed E-state index contributed by atoms with van der Waals surface area (Å²) in [4.78, 5) is 34.7. The van der Waals surface area contributed by atoms with Gasteiger partial charge in [0.25, 0.3) is 11.4 Å². The van der Waals surface area contributed by atoms with E-state index in [-0.39, 0.29) is 29.9 Å². The summed E-state index contributed by atoms with van der Waals surface area (Å²) in [6, 6.07) is 21.3. The van der Waals surface area contributed by atoms with Crippen LogP contribution in [0.4, 0.5) is 0 Å². The first kappa shape index (κ1) is 23.0. The van der Waals surface area contributed by atoms with E-state index in [0.29, 0.717) is 33.7 Å². The molecule has 5 aromatic rings. The lowest BCUT2D eigenvalue weighted by Gasteiger charge is -2.17. The molecule has 0 saturated carbocycles. The van der Waals surface area contributed by atoms with Gasteiger partial charge < -0.3 is 14.6 Å². The molecular formula is C27H23N5O4. The van der Waals surface area contributed by atoms with Crippen molar-refractivity contribution in [1.29, 1.82) is 0 Å². The van der Waals surface area contributed by atoms with E-state index in [1.807, 2.05) is 55.5 Å². The highest BCUT2D eigenvalue weighted by Crippen LogP contribution is 2.27. The van der Waals surface area contributed by atoms with Crippen molar-refractivity contribution < 1.29 is 14.1 Å². The molecule has 0 unspecified atom stereocenters. The largest absolute Gasteiger partial charge is 0.497 e. The minimum Gasteiger partial charge on any atom is -0.497 e. The zero-order chi connectivity index (χ0) is 25.1. The Kier molecular flexibility index (Phi) is 6.27. The summed E-state index contributed by atoms with van der Waals surface area (Å²) in [5, 5.41) is 7.68. The molecule has 0 aliphatic heterocycles. The third-order valence-electron chi connectivity index (χ3n) is 5.84. The molecule has 9 nitrogen and oxygen atoms in total. The Morgan fingerprint density at radius 2 is 1.92 bits per heavy atom. The first-order valence-electron chi connectivity index (χ1n) is 11.3. The summed E-state index contributed by atoms with van der Waals surface area (Å²) < 4.78 is 12.2. The number of rotatable bonds is 7. The van der Waals surface area contributed by atoms with Gasteiger partial charge in [-0.05, 0) is 42.8 Å². The molecule has 36 heavy (non-hydrogen) atoms. The lowest BCUT2D eigenvalue weighted by Crippen LogP contribution is -2.34. The van der Waals surface area contributed by atoms with Crippen molar-refractivity contribution in [2.24, 2.45) is 0 Å². The average molecular weight is 482 g/mol. The van der Waals surface area contributed by atoms with Gasteiger partial charge in [-0.3, -0.25) is 19.1 Å². The Hall–Kier alpha value is -4.79. The molecule has 1 N–H and O–H groups in total. The van der Waals surface area contributed by atoms with E-state index < -0.39 is 0 Å². The van der Waals surface area contributed by atoms with Crippen LogP contribution in [0.25, 0.3) is 33.9 Å². The molecule has 0 fully saturated rings. The topological polar surface area (TPSA) is 112 Å². The number of pyridine rings is 2. The van der Waals surface area contributed by atoms with E-state index in [0.717, 1.165) is 5.56 Å².